The molecule has 0 atom stereocenters. The number of likely N-dealkylation sites (tertiary alicyclic amines) is 1. The van der Waals surface area contributed by atoms with Crippen LogP contribution in [0.2, 0.25) is 0 Å². The molecular formula is C26H34N6O3. The van der Waals surface area contributed by atoms with Crippen molar-refractivity contribution in [1.82, 2.24) is 25.0 Å². The Morgan fingerprint density at radius 2 is 1.89 bits per heavy atom. The zero-order valence-electron chi connectivity index (χ0n) is 21.1. The molecule has 0 bridgehead atoms. The Hall–Kier alpha value is -3.46. The van der Waals surface area contributed by atoms with Crippen LogP contribution in [-0.4, -0.2) is 57.3 Å². The van der Waals surface area contributed by atoms with Crippen molar-refractivity contribution in [2.45, 2.75) is 53.1 Å². The molecule has 35 heavy (non-hydrogen) atoms. The average molecular weight is 479 g/mol. The molecule has 9 heteroatoms. The molecule has 1 saturated heterocycles. The number of hydrogen-bond donors (Lipinski definition) is 2. The highest BCUT2D eigenvalue weighted by atomic mass is 16.5. The van der Waals surface area contributed by atoms with Gasteiger partial charge in [0.2, 0.25) is 0 Å². The first-order chi connectivity index (χ1) is 16.7. The number of nitrogens with one attached hydrogen (secondary N) is 2. The first kappa shape index (κ1) is 24.7. The molecule has 3 aromatic rings. The third-order valence-electron chi connectivity index (χ3n) is 6.22. The average Bonchev–Trinajstić information content (AvgIpc) is 3.41. The van der Waals surface area contributed by atoms with Crippen LogP contribution in [0.15, 0.2) is 24.3 Å². The van der Waals surface area contributed by atoms with E-state index < -0.39 is 11.9 Å². The number of rotatable bonds is 7. The summed E-state index contributed by atoms with van der Waals surface area (Å²) < 4.78 is 7.53. The van der Waals surface area contributed by atoms with Crippen molar-refractivity contribution in [3.63, 3.8) is 0 Å². The van der Waals surface area contributed by atoms with Crippen LogP contribution in [0.1, 0.15) is 54.0 Å². The van der Waals surface area contributed by atoms with Crippen molar-refractivity contribution < 1.29 is 14.3 Å². The van der Waals surface area contributed by atoms with Crippen LogP contribution in [0, 0.1) is 13.8 Å². The highest BCUT2D eigenvalue weighted by molar-refractivity contribution is 6.09. The monoisotopic (exact) mass is 478 g/mol. The van der Waals surface area contributed by atoms with Crippen LogP contribution in [0.25, 0.3) is 11.0 Å². The largest absolute Gasteiger partial charge is 0.491 e. The standard InChI is InChI=1S/C26H34N6O3/c1-16(2)35-23-14-19(9-8-17(23)3)27-26(34)29-25(33)21-15-20-18(4)30-31(5)24(20)28-22(21)10-13-32-11-6-7-12-32/h8-9,14-16H,6-7,10-13H2,1-5H3,(H2,27,29,33,34). The van der Waals surface area contributed by atoms with Gasteiger partial charge in [-0.1, -0.05) is 6.07 Å². The molecule has 0 aliphatic carbocycles. The number of aryl methyl sites for hydroxylation is 3. The van der Waals surface area contributed by atoms with E-state index in [9.17, 15) is 9.59 Å². The van der Waals surface area contributed by atoms with Crippen molar-refractivity contribution in [2.24, 2.45) is 7.05 Å². The number of fused-ring (bicyclic) bond motifs is 1. The number of ether oxygens (including phenoxy) is 1. The number of amides is 3. The molecule has 4 rings (SSSR count). The Kier molecular flexibility index (Phi) is 7.35. The van der Waals surface area contributed by atoms with E-state index >= 15 is 0 Å². The van der Waals surface area contributed by atoms with E-state index in [0.29, 0.717) is 29.1 Å². The van der Waals surface area contributed by atoms with Crippen molar-refractivity contribution >= 4 is 28.7 Å². The number of imide groups is 1. The maximum atomic E-state index is 13.2. The minimum absolute atomic E-state index is 0.0108. The molecule has 3 heterocycles. The first-order valence-corrected chi connectivity index (χ1v) is 12.2. The fraction of sp³-hybridized carbons (Fsp3) is 0.462. The molecule has 3 amide bonds. The quantitative estimate of drug-likeness (QED) is 0.533. The van der Waals surface area contributed by atoms with E-state index in [-0.39, 0.29) is 6.10 Å². The summed E-state index contributed by atoms with van der Waals surface area (Å²) in [6, 6.07) is 6.60. The predicted molar refractivity (Wildman–Crippen MR) is 136 cm³/mol. The molecule has 186 valence electrons. The lowest BCUT2D eigenvalue weighted by Crippen LogP contribution is -2.35. The Morgan fingerprint density at radius 3 is 2.60 bits per heavy atom. The van der Waals surface area contributed by atoms with Gasteiger partial charge in [-0.3, -0.25) is 14.8 Å². The summed E-state index contributed by atoms with van der Waals surface area (Å²) in [6.45, 7) is 10.7. The highest BCUT2D eigenvalue weighted by Gasteiger charge is 2.21. The second-order valence-corrected chi connectivity index (χ2v) is 9.42. The number of nitrogens with zero attached hydrogens (tertiary/aromatic N) is 4. The lowest BCUT2D eigenvalue weighted by molar-refractivity contribution is 0.0965. The Morgan fingerprint density at radius 1 is 1.14 bits per heavy atom. The third-order valence-corrected chi connectivity index (χ3v) is 6.22. The maximum Gasteiger partial charge on any atom is 0.326 e. The van der Waals surface area contributed by atoms with Gasteiger partial charge in [-0.2, -0.15) is 5.10 Å². The summed E-state index contributed by atoms with van der Waals surface area (Å²) >= 11 is 0. The molecule has 2 N–H and O–H groups in total. The minimum atomic E-state index is -0.608. The van der Waals surface area contributed by atoms with Crippen molar-refractivity contribution in [2.75, 3.05) is 25.0 Å². The van der Waals surface area contributed by atoms with Crippen LogP contribution >= 0.6 is 0 Å². The van der Waals surface area contributed by atoms with Gasteiger partial charge in [0.15, 0.2) is 5.65 Å². The summed E-state index contributed by atoms with van der Waals surface area (Å²) in [4.78, 5) is 33.1. The number of carbonyl (C=O) groups excluding carboxylic acids is 2. The molecule has 0 radical (unpaired) electrons. The predicted octanol–water partition coefficient (Wildman–Crippen LogP) is 3.97. The topological polar surface area (TPSA) is 101 Å². The second kappa shape index (κ2) is 10.4. The van der Waals surface area contributed by atoms with Gasteiger partial charge >= 0.3 is 6.03 Å². The van der Waals surface area contributed by atoms with Crippen LogP contribution in [0.5, 0.6) is 5.75 Å². The van der Waals surface area contributed by atoms with Gasteiger partial charge in [0.05, 0.1) is 23.1 Å². The van der Waals surface area contributed by atoms with Gasteiger partial charge in [0.25, 0.3) is 5.91 Å². The maximum absolute atomic E-state index is 13.2. The zero-order valence-corrected chi connectivity index (χ0v) is 21.1. The molecule has 0 saturated carbocycles. The van der Waals surface area contributed by atoms with Crippen LogP contribution in [0.3, 0.4) is 0 Å². The molecule has 0 spiro atoms. The Bertz CT molecular complexity index is 1240. The van der Waals surface area contributed by atoms with Crippen LogP contribution < -0.4 is 15.4 Å². The van der Waals surface area contributed by atoms with Gasteiger partial charge in [-0.05, 0) is 71.3 Å². The smallest absolute Gasteiger partial charge is 0.326 e. The molecule has 1 aliphatic heterocycles. The zero-order chi connectivity index (χ0) is 25.1. The van der Waals surface area contributed by atoms with Crippen molar-refractivity contribution in [1.29, 1.82) is 0 Å². The summed E-state index contributed by atoms with van der Waals surface area (Å²) in [5.41, 5.74) is 4.10. The van der Waals surface area contributed by atoms with Crippen LogP contribution in [-0.2, 0) is 13.5 Å². The number of hydrogen-bond acceptors (Lipinski definition) is 6. The fourth-order valence-electron chi connectivity index (χ4n) is 4.43. The number of aromatic nitrogens is 3. The Balaban J connectivity index is 1.53. The third kappa shape index (κ3) is 5.79. The van der Waals surface area contributed by atoms with E-state index in [1.54, 1.807) is 22.9 Å². The molecule has 0 unspecified atom stereocenters. The lowest BCUT2D eigenvalue weighted by Gasteiger charge is -2.16. The molecule has 2 aromatic heterocycles. The number of anilines is 1. The lowest BCUT2D eigenvalue weighted by atomic mass is 10.1. The molecule has 9 nitrogen and oxygen atoms in total. The van der Waals surface area contributed by atoms with E-state index in [1.165, 1.54) is 12.8 Å². The summed E-state index contributed by atoms with van der Waals surface area (Å²) in [7, 11) is 1.85. The van der Waals surface area contributed by atoms with Gasteiger partial charge in [-0.15, -0.1) is 0 Å². The van der Waals surface area contributed by atoms with Crippen LogP contribution in [0.4, 0.5) is 10.5 Å². The molecule has 1 fully saturated rings. The summed E-state index contributed by atoms with van der Waals surface area (Å²) in [5, 5.41) is 10.5. The van der Waals surface area contributed by atoms with Crippen molar-refractivity contribution in [3.8, 4) is 5.75 Å². The number of urea groups is 1. The van der Waals surface area contributed by atoms with Gasteiger partial charge in [0, 0.05) is 37.2 Å². The fourth-order valence-corrected chi connectivity index (χ4v) is 4.43. The van der Waals surface area contributed by atoms with Crippen molar-refractivity contribution in [3.05, 3.63) is 46.8 Å². The molecular weight excluding hydrogens is 444 g/mol. The Labute approximate surface area is 205 Å². The number of benzene rings is 1. The minimum Gasteiger partial charge on any atom is -0.491 e. The van der Waals surface area contributed by atoms with Gasteiger partial charge < -0.3 is 15.0 Å². The highest BCUT2D eigenvalue weighted by Crippen LogP contribution is 2.24. The second-order valence-electron chi connectivity index (χ2n) is 9.42. The van der Waals surface area contributed by atoms with E-state index in [0.717, 1.165) is 41.9 Å². The van der Waals surface area contributed by atoms with Gasteiger partial charge in [-0.25, -0.2) is 9.78 Å². The number of pyridine rings is 1. The first-order valence-electron chi connectivity index (χ1n) is 12.2. The van der Waals surface area contributed by atoms with E-state index in [1.807, 2.05) is 40.8 Å². The van der Waals surface area contributed by atoms with E-state index in [4.69, 9.17) is 9.72 Å². The van der Waals surface area contributed by atoms with E-state index in [2.05, 4.69) is 20.6 Å². The summed E-state index contributed by atoms with van der Waals surface area (Å²) in [5.74, 6) is 0.206. The molecule has 1 aromatic carbocycles. The summed E-state index contributed by atoms with van der Waals surface area (Å²) in [6.07, 6.45) is 3.03. The SMILES string of the molecule is Cc1ccc(NC(=O)NC(=O)c2cc3c(C)nn(C)c3nc2CCN2CCCC2)cc1OC(C)C. The normalized spacial score (nSPS) is 14.0. The van der Waals surface area contributed by atoms with Gasteiger partial charge in [0.1, 0.15) is 5.75 Å². The molecule has 1 aliphatic rings. The number of carbonyl (C=O) groups is 2.